The summed E-state index contributed by atoms with van der Waals surface area (Å²) in [5.41, 5.74) is 7.01. The van der Waals surface area contributed by atoms with Gasteiger partial charge in [0, 0.05) is 55.3 Å². The second-order valence-electron chi connectivity index (χ2n) is 6.39. The summed E-state index contributed by atoms with van der Waals surface area (Å²) in [6.45, 7) is 8.75. The molecule has 128 valence electrons. The molecule has 0 saturated carbocycles. The fourth-order valence-corrected chi connectivity index (χ4v) is 2.94. The van der Waals surface area contributed by atoms with E-state index in [4.69, 9.17) is 0 Å². The van der Waals surface area contributed by atoms with Crippen LogP contribution in [-0.2, 0) is 19.6 Å². The fraction of sp³-hybridized carbons (Fsp3) is 0.286. The largest absolute Gasteiger partial charge is 0.290 e. The standard InChI is InChI=1S/C21H24N4/c1-16-19(7-4-10-22-16)13-25(14-20-8-5-11-23-17(20)2)15-21-9-6-12-24-18(21)3/h4-12H,13-15H2,1-3H3. The molecule has 0 aliphatic heterocycles. The summed E-state index contributed by atoms with van der Waals surface area (Å²) in [5, 5.41) is 0. The molecule has 0 aliphatic rings. The van der Waals surface area contributed by atoms with Crippen molar-refractivity contribution >= 4 is 0 Å². The third kappa shape index (κ3) is 4.48. The molecule has 0 spiro atoms. The van der Waals surface area contributed by atoms with Gasteiger partial charge in [0.05, 0.1) is 0 Å². The molecule has 0 N–H and O–H groups in total. The van der Waals surface area contributed by atoms with Crippen LogP contribution in [0.3, 0.4) is 0 Å². The summed E-state index contributed by atoms with van der Waals surface area (Å²) in [6.07, 6.45) is 5.54. The quantitative estimate of drug-likeness (QED) is 0.684. The summed E-state index contributed by atoms with van der Waals surface area (Å²) in [4.78, 5) is 15.7. The van der Waals surface area contributed by atoms with Gasteiger partial charge in [0.15, 0.2) is 0 Å². The third-order valence-electron chi connectivity index (χ3n) is 4.53. The van der Waals surface area contributed by atoms with Crippen LogP contribution in [0.1, 0.15) is 33.8 Å². The second-order valence-corrected chi connectivity index (χ2v) is 6.39. The smallest absolute Gasteiger partial charge is 0.0417 e. The van der Waals surface area contributed by atoms with Gasteiger partial charge in [-0.05, 0) is 55.7 Å². The Morgan fingerprint density at radius 3 is 1.20 bits per heavy atom. The minimum atomic E-state index is 0.850. The highest BCUT2D eigenvalue weighted by atomic mass is 15.1. The molecular formula is C21H24N4. The zero-order valence-corrected chi connectivity index (χ0v) is 15.1. The molecule has 3 aromatic heterocycles. The van der Waals surface area contributed by atoms with Crippen LogP contribution < -0.4 is 0 Å². The summed E-state index contributed by atoms with van der Waals surface area (Å²) < 4.78 is 0. The van der Waals surface area contributed by atoms with E-state index in [0.717, 1.165) is 36.7 Å². The first-order chi connectivity index (χ1) is 12.1. The Kier molecular flexibility index (Phi) is 5.51. The van der Waals surface area contributed by atoms with Crippen LogP contribution in [0.4, 0.5) is 0 Å². The predicted octanol–water partition coefficient (Wildman–Crippen LogP) is 4.00. The van der Waals surface area contributed by atoms with E-state index < -0.39 is 0 Å². The molecule has 4 heteroatoms. The van der Waals surface area contributed by atoms with Crippen LogP contribution >= 0.6 is 0 Å². The maximum atomic E-state index is 4.43. The van der Waals surface area contributed by atoms with E-state index in [2.05, 4.69) is 58.8 Å². The summed E-state index contributed by atoms with van der Waals surface area (Å²) in [6, 6.07) is 12.5. The first kappa shape index (κ1) is 17.2. The van der Waals surface area contributed by atoms with E-state index in [1.165, 1.54) is 16.7 Å². The van der Waals surface area contributed by atoms with Crippen molar-refractivity contribution in [2.24, 2.45) is 0 Å². The maximum absolute atomic E-state index is 4.43. The SMILES string of the molecule is Cc1ncccc1CN(Cc1cccnc1C)Cc1cccnc1C. The molecule has 3 heterocycles. The molecular weight excluding hydrogens is 308 g/mol. The van der Waals surface area contributed by atoms with E-state index in [-0.39, 0.29) is 0 Å². The number of aryl methyl sites for hydroxylation is 3. The van der Waals surface area contributed by atoms with Crippen LogP contribution in [0.2, 0.25) is 0 Å². The van der Waals surface area contributed by atoms with E-state index >= 15 is 0 Å². The number of hydrogen-bond acceptors (Lipinski definition) is 4. The molecule has 0 aliphatic carbocycles. The monoisotopic (exact) mass is 332 g/mol. The van der Waals surface area contributed by atoms with Gasteiger partial charge in [-0.25, -0.2) is 0 Å². The van der Waals surface area contributed by atoms with Crippen LogP contribution in [0.15, 0.2) is 55.0 Å². The van der Waals surface area contributed by atoms with Crippen molar-refractivity contribution in [2.45, 2.75) is 40.4 Å². The second kappa shape index (κ2) is 7.99. The summed E-state index contributed by atoms with van der Waals surface area (Å²) in [7, 11) is 0. The Hall–Kier alpha value is -2.59. The lowest BCUT2D eigenvalue weighted by atomic mass is 10.1. The maximum Gasteiger partial charge on any atom is 0.0417 e. The van der Waals surface area contributed by atoms with Crippen LogP contribution in [0, 0.1) is 20.8 Å². The van der Waals surface area contributed by atoms with Crippen molar-refractivity contribution in [3.63, 3.8) is 0 Å². The average Bonchev–Trinajstić information content (AvgIpc) is 2.61. The molecule has 0 amide bonds. The van der Waals surface area contributed by atoms with E-state index in [1.807, 2.05) is 36.8 Å². The third-order valence-corrected chi connectivity index (χ3v) is 4.53. The van der Waals surface area contributed by atoms with Gasteiger partial charge < -0.3 is 0 Å². The molecule has 25 heavy (non-hydrogen) atoms. The molecule has 4 nitrogen and oxygen atoms in total. The number of hydrogen-bond donors (Lipinski definition) is 0. The number of nitrogens with zero attached hydrogens (tertiary/aromatic N) is 4. The van der Waals surface area contributed by atoms with Crippen LogP contribution in [-0.4, -0.2) is 19.9 Å². The van der Waals surface area contributed by atoms with Crippen LogP contribution in [0.5, 0.6) is 0 Å². The highest BCUT2D eigenvalue weighted by molar-refractivity contribution is 5.23. The summed E-state index contributed by atoms with van der Waals surface area (Å²) in [5.74, 6) is 0. The Labute approximate surface area is 149 Å². The van der Waals surface area contributed by atoms with Crippen molar-refractivity contribution in [2.75, 3.05) is 0 Å². The molecule has 3 rings (SSSR count). The van der Waals surface area contributed by atoms with Gasteiger partial charge in [-0.1, -0.05) is 18.2 Å². The van der Waals surface area contributed by atoms with Crippen LogP contribution in [0.25, 0.3) is 0 Å². The Balaban J connectivity index is 1.86. The van der Waals surface area contributed by atoms with E-state index in [1.54, 1.807) is 0 Å². The van der Waals surface area contributed by atoms with Crippen molar-refractivity contribution in [1.29, 1.82) is 0 Å². The number of rotatable bonds is 6. The van der Waals surface area contributed by atoms with Crippen molar-refractivity contribution < 1.29 is 0 Å². The number of pyridine rings is 3. The zero-order chi connectivity index (χ0) is 17.6. The van der Waals surface area contributed by atoms with Gasteiger partial charge in [0.25, 0.3) is 0 Å². The van der Waals surface area contributed by atoms with Gasteiger partial charge >= 0.3 is 0 Å². The lowest BCUT2D eigenvalue weighted by Gasteiger charge is -2.24. The van der Waals surface area contributed by atoms with Gasteiger partial charge in [-0.3, -0.25) is 19.9 Å². The average molecular weight is 332 g/mol. The molecule has 0 saturated heterocycles. The predicted molar refractivity (Wildman–Crippen MR) is 99.9 cm³/mol. The molecule has 0 bridgehead atoms. The van der Waals surface area contributed by atoms with Gasteiger partial charge in [-0.15, -0.1) is 0 Å². The Morgan fingerprint density at radius 1 is 0.600 bits per heavy atom. The lowest BCUT2D eigenvalue weighted by molar-refractivity contribution is 0.245. The molecule has 0 atom stereocenters. The highest BCUT2D eigenvalue weighted by Crippen LogP contribution is 2.17. The Bertz CT molecular complexity index is 732. The number of aromatic nitrogens is 3. The van der Waals surface area contributed by atoms with Crippen molar-refractivity contribution in [3.05, 3.63) is 88.8 Å². The molecule has 0 aromatic carbocycles. The first-order valence-corrected chi connectivity index (χ1v) is 8.57. The lowest BCUT2D eigenvalue weighted by Crippen LogP contribution is -2.24. The first-order valence-electron chi connectivity index (χ1n) is 8.57. The van der Waals surface area contributed by atoms with Crippen molar-refractivity contribution in [3.8, 4) is 0 Å². The highest BCUT2D eigenvalue weighted by Gasteiger charge is 2.13. The van der Waals surface area contributed by atoms with Gasteiger partial charge in [0.2, 0.25) is 0 Å². The molecule has 3 aromatic rings. The van der Waals surface area contributed by atoms with Gasteiger partial charge in [0.1, 0.15) is 0 Å². The van der Waals surface area contributed by atoms with Crippen molar-refractivity contribution in [1.82, 2.24) is 19.9 Å². The normalized spacial score (nSPS) is 11.0. The van der Waals surface area contributed by atoms with E-state index in [9.17, 15) is 0 Å². The minimum absolute atomic E-state index is 0.850. The van der Waals surface area contributed by atoms with Gasteiger partial charge in [-0.2, -0.15) is 0 Å². The fourth-order valence-electron chi connectivity index (χ4n) is 2.94. The molecule has 0 radical (unpaired) electrons. The zero-order valence-electron chi connectivity index (χ0n) is 15.1. The summed E-state index contributed by atoms with van der Waals surface area (Å²) >= 11 is 0. The Morgan fingerprint density at radius 2 is 0.920 bits per heavy atom. The molecule has 0 unspecified atom stereocenters. The molecule has 0 fully saturated rings. The minimum Gasteiger partial charge on any atom is -0.290 e. The van der Waals surface area contributed by atoms with E-state index in [0.29, 0.717) is 0 Å². The topological polar surface area (TPSA) is 41.9 Å².